The molecule has 0 spiro atoms. The Morgan fingerprint density at radius 2 is 2.25 bits per heavy atom. The summed E-state index contributed by atoms with van der Waals surface area (Å²) in [6.45, 7) is -0.0675. The van der Waals surface area contributed by atoms with Crippen LogP contribution in [0.3, 0.4) is 0 Å². The second-order valence-electron chi connectivity index (χ2n) is 2.43. The molecular weight excluding hydrogens is 187 g/mol. The first kappa shape index (κ1) is 9.98. The van der Waals surface area contributed by atoms with E-state index >= 15 is 0 Å². The van der Waals surface area contributed by atoms with E-state index in [2.05, 4.69) is 4.52 Å². The van der Waals surface area contributed by atoms with Gasteiger partial charge in [0, 0.05) is 0 Å². The average molecular weight is 196 g/mol. The number of ether oxygens (including phenoxy) is 1. The van der Waals surface area contributed by atoms with Crippen molar-refractivity contribution >= 4 is 8.69 Å². The molecule has 1 fully saturated rings. The summed E-state index contributed by atoms with van der Waals surface area (Å²) in [6, 6.07) is 0. The van der Waals surface area contributed by atoms with Crippen LogP contribution < -0.4 is 0 Å². The lowest BCUT2D eigenvalue weighted by Gasteiger charge is -2.17. The maximum Gasteiger partial charge on any atom is 0.330 e. The van der Waals surface area contributed by atoms with Gasteiger partial charge in [0.1, 0.15) is 18.3 Å². The van der Waals surface area contributed by atoms with Crippen LogP contribution >= 0.6 is 8.69 Å². The Morgan fingerprint density at radius 3 is 2.67 bits per heavy atom. The topological polar surface area (TPSA) is 96.2 Å². The Labute approximate surface area is 70.0 Å². The number of hydrogen-bond donors (Lipinski definition) is 3. The second-order valence-corrected chi connectivity index (χ2v) is 2.79. The van der Waals surface area contributed by atoms with E-state index in [1.807, 2.05) is 0 Å². The zero-order chi connectivity index (χ0) is 9.14. The molecule has 0 bridgehead atoms. The Morgan fingerprint density at radius 1 is 1.58 bits per heavy atom. The van der Waals surface area contributed by atoms with Crippen LogP contribution in [0.2, 0.25) is 0 Å². The first-order valence-electron chi connectivity index (χ1n) is 3.31. The maximum absolute atomic E-state index is 9.88. The highest BCUT2D eigenvalue weighted by Crippen LogP contribution is 2.19. The van der Waals surface area contributed by atoms with E-state index in [0.717, 1.165) is 0 Å². The quantitative estimate of drug-likeness (QED) is 0.381. The average Bonchev–Trinajstić information content (AvgIpc) is 2.34. The molecule has 1 rings (SSSR count). The Bertz CT molecular complexity index is 164. The number of hydrogen-bond acceptors (Lipinski definition) is 6. The van der Waals surface area contributed by atoms with Crippen molar-refractivity contribution in [3.8, 4) is 0 Å². The molecule has 12 heavy (non-hydrogen) atoms. The van der Waals surface area contributed by atoms with Gasteiger partial charge in [0.2, 0.25) is 0 Å². The minimum absolute atomic E-state index is 0.0675. The zero-order valence-corrected chi connectivity index (χ0v) is 6.92. The highest BCUT2D eigenvalue weighted by Gasteiger charge is 2.40. The van der Waals surface area contributed by atoms with Crippen LogP contribution in [-0.4, -0.2) is 46.5 Å². The lowest BCUT2D eigenvalue weighted by atomic mass is 10.1. The van der Waals surface area contributed by atoms with Gasteiger partial charge in [-0.25, -0.2) is 4.57 Å². The van der Waals surface area contributed by atoms with Gasteiger partial charge in [0.25, 0.3) is 0 Å². The van der Waals surface area contributed by atoms with Gasteiger partial charge in [-0.15, -0.1) is 0 Å². The summed E-state index contributed by atoms with van der Waals surface area (Å²) in [6.07, 6.45) is -4.77. The highest BCUT2D eigenvalue weighted by molar-refractivity contribution is 7.17. The zero-order valence-electron chi connectivity index (χ0n) is 6.03. The monoisotopic (exact) mass is 196 g/mol. The van der Waals surface area contributed by atoms with E-state index in [0.29, 0.717) is 0 Å². The molecule has 0 saturated carbocycles. The summed E-state index contributed by atoms with van der Waals surface area (Å²) in [5.41, 5.74) is 0. The van der Waals surface area contributed by atoms with Crippen molar-refractivity contribution in [3.05, 3.63) is 0 Å². The van der Waals surface area contributed by atoms with Gasteiger partial charge in [0.05, 0.1) is 6.61 Å². The molecule has 0 aliphatic carbocycles. The van der Waals surface area contributed by atoms with Crippen molar-refractivity contribution in [1.82, 2.24) is 0 Å². The first-order valence-corrected chi connectivity index (χ1v) is 4.04. The van der Waals surface area contributed by atoms with Crippen LogP contribution in [0.15, 0.2) is 0 Å². The molecule has 70 valence electrons. The fourth-order valence-electron chi connectivity index (χ4n) is 0.981. The predicted octanol–water partition coefficient (Wildman–Crippen LogP) is -1.35. The third kappa shape index (κ3) is 1.98. The largest absolute Gasteiger partial charge is 0.388 e. The van der Waals surface area contributed by atoms with Crippen LogP contribution in [0.25, 0.3) is 0 Å². The Balaban J connectivity index is 2.46. The number of aliphatic hydroxyl groups excluding tert-OH is 3. The van der Waals surface area contributed by atoms with Crippen LogP contribution in [0.5, 0.6) is 0 Å². The lowest BCUT2D eigenvalue weighted by molar-refractivity contribution is -0.132. The van der Waals surface area contributed by atoms with Gasteiger partial charge >= 0.3 is 8.69 Å². The van der Waals surface area contributed by atoms with E-state index < -0.39 is 33.3 Å². The summed E-state index contributed by atoms with van der Waals surface area (Å²) in [4.78, 5) is 0. The minimum Gasteiger partial charge on any atom is -0.388 e. The Hall–Kier alpha value is -0.100. The fourth-order valence-corrected chi connectivity index (χ4v) is 1.19. The van der Waals surface area contributed by atoms with Gasteiger partial charge in [-0.3, -0.25) is 4.52 Å². The van der Waals surface area contributed by atoms with Gasteiger partial charge in [-0.2, -0.15) is 0 Å². The highest BCUT2D eigenvalue weighted by atomic mass is 31.1. The molecule has 0 aromatic heterocycles. The van der Waals surface area contributed by atoms with Crippen molar-refractivity contribution in [2.45, 2.75) is 24.6 Å². The molecule has 1 heterocycles. The maximum atomic E-state index is 9.88. The normalized spacial score (nSPS) is 38.8. The van der Waals surface area contributed by atoms with Crippen molar-refractivity contribution in [2.24, 2.45) is 0 Å². The van der Waals surface area contributed by atoms with Crippen molar-refractivity contribution in [2.75, 3.05) is 6.61 Å². The van der Waals surface area contributed by atoms with Crippen LogP contribution in [-0.2, 0) is 13.8 Å². The molecule has 1 saturated heterocycles. The molecule has 4 atom stereocenters. The Kier molecular flexibility index (Phi) is 3.52. The summed E-state index contributed by atoms with van der Waals surface area (Å²) in [5.74, 6) is 0. The van der Waals surface area contributed by atoms with Crippen molar-refractivity contribution in [3.63, 3.8) is 0 Å². The third-order valence-corrected chi connectivity index (χ3v) is 1.92. The summed E-state index contributed by atoms with van der Waals surface area (Å²) >= 11 is 0. The first-order chi connectivity index (χ1) is 5.66. The smallest absolute Gasteiger partial charge is 0.330 e. The van der Waals surface area contributed by atoms with E-state index in [1.54, 1.807) is 0 Å². The van der Waals surface area contributed by atoms with Gasteiger partial charge in [-0.05, 0) is 0 Å². The third-order valence-electron chi connectivity index (χ3n) is 1.62. The molecule has 0 aromatic rings. The molecule has 0 radical (unpaired) electrons. The minimum atomic E-state index is -1.49. The molecule has 6 nitrogen and oxygen atoms in total. The SMILES string of the molecule is O=POC(O)[C@H]1OC[C@H](O)[C@@H]1O. The van der Waals surface area contributed by atoms with Gasteiger partial charge in [-0.1, -0.05) is 0 Å². The standard InChI is InChI=1S/C5H9O6P/c6-2-1-10-4(3(2)7)5(8)11-12-9/h2-8H,1H2/t2-,3-,4-,5?/m0/s1. The molecule has 7 heteroatoms. The fraction of sp³-hybridized carbons (Fsp3) is 1.00. The van der Waals surface area contributed by atoms with E-state index in [1.165, 1.54) is 0 Å². The molecule has 0 amide bonds. The molecule has 1 aliphatic heterocycles. The lowest BCUT2D eigenvalue weighted by Crippen LogP contribution is -2.38. The van der Waals surface area contributed by atoms with Crippen LogP contribution in [0.1, 0.15) is 0 Å². The van der Waals surface area contributed by atoms with Crippen LogP contribution in [0, 0.1) is 0 Å². The molecule has 1 unspecified atom stereocenters. The van der Waals surface area contributed by atoms with E-state index in [9.17, 15) is 4.57 Å². The van der Waals surface area contributed by atoms with E-state index in [-0.39, 0.29) is 6.61 Å². The molecule has 1 aliphatic rings. The van der Waals surface area contributed by atoms with Crippen molar-refractivity contribution in [1.29, 1.82) is 0 Å². The summed E-state index contributed by atoms with van der Waals surface area (Å²) in [7, 11) is -0.700. The summed E-state index contributed by atoms with van der Waals surface area (Å²) in [5, 5.41) is 27.1. The second kappa shape index (κ2) is 4.23. The molecular formula is C5H9O6P. The van der Waals surface area contributed by atoms with Crippen molar-refractivity contribution < 1.29 is 29.1 Å². The van der Waals surface area contributed by atoms with Gasteiger partial charge < -0.3 is 20.1 Å². The molecule has 3 N–H and O–H groups in total. The van der Waals surface area contributed by atoms with E-state index in [4.69, 9.17) is 20.1 Å². The number of aliphatic hydroxyl groups is 3. The molecule has 0 aromatic carbocycles. The van der Waals surface area contributed by atoms with Crippen LogP contribution in [0.4, 0.5) is 0 Å². The number of rotatable bonds is 3. The van der Waals surface area contributed by atoms with Gasteiger partial charge in [0.15, 0.2) is 6.29 Å². The summed E-state index contributed by atoms with van der Waals surface area (Å²) < 4.78 is 18.9. The predicted molar refractivity (Wildman–Crippen MR) is 36.5 cm³/mol.